The highest BCUT2D eigenvalue weighted by atomic mass is 16.4. The van der Waals surface area contributed by atoms with Gasteiger partial charge in [0.2, 0.25) is 0 Å². The molecule has 0 saturated carbocycles. The molecule has 1 unspecified atom stereocenters. The van der Waals surface area contributed by atoms with Crippen molar-refractivity contribution in [2.45, 2.75) is 26.3 Å². The standard InChI is InChI=1S/C8H11N3O2/c1-2-6-9-10-7-3-5(8(12)13)4-11(6)7/h5H,2-4H2,1H3,(H,12,13). The molecule has 0 aromatic carbocycles. The van der Waals surface area contributed by atoms with Gasteiger partial charge < -0.3 is 9.67 Å². The fourth-order valence-corrected chi connectivity index (χ4v) is 1.67. The molecule has 1 aromatic heterocycles. The van der Waals surface area contributed by atoms with Crippen molar-refractivity contribution in [2.75, 3.05) is 0 Å². The highest BCUT2D eigenvalue weighted by Gasteiger charge is 2.30. The smallest absolute Gasteiger partial charge is 0.308 e. The molecule has 1 aromatic rings. The van der Waals surface area contributed by atoms with Gasteiger partial charge in [-0.1, -0.05) is 6.92 Å². The van der Waals surface area contributed by atoms with Crippen molar-refractivity contribution in [3.05, 3.63) is 11.6 Å². The molecule has 0 bridgehead atoms. The highest BCUT2D eigenvalue weighted by Crippen LogP contribution is 2.20. The number of nitrogens with zero attached hydrogens (tertiary/aromatic N) is 3. The lowest BCUT2D eigenvalue weighted by molar-refractivity contribution is -0.141. The second-order valence-corrected chi connectivity index (χ2v) is 3.24. The van der Waals surface area contributed by atoms with Gasteiger partial charge in [-0.3, -0.25) is 4.79 Å². The van der Waals surface area contributed by atoms with Crippen LogP contribution in [0.15, 0.2) is 0 Å². The molecule has 0 radical (unpaired) electrons. The fraction of sp³-hybridized carbons (Fsp3) is 0.625. The van der Waals surface area contributed by atoms with Crippen molar-refractivity contribution in [3.63, 3.8) is 0 Å². The Morgan fingerprint density at radius 3 is 3.08 bits per heavy atom. The number of aromatic nitrogens is 3. The third kappa shape index (κ3) is 1.20. The molecule has 0 spiro atoms. The summed E-state index contributed by atoms with van der Waals surface area (Å²) in [6.07, 6.45) is 1.32. The molecule has 2 heterocycles. The lowest BCUT2D eigenvalue weighted by Gasteiger charge is -2.02. The number of aliphatic carboxylic acids is 1. The molecule has 0 saturated heterocycles. The van der Waals surface area contributed by atoms with E-state index in [9.17, 15) is 4.79 Å². The minimum atomic E-state index is -0.743. The van der Waals surface area contributed by atoms with E-state index in [0.717, 1.165) is 18.1 Å². The molecular formula is C8H11N3O2. The van der Waals surface area contributed by atoms with Gasteiger partial charge in [-0.15, -0.1) is 10.2 Å². The fourth-order valence-electron chi connectivity index (χ4n) is 1.67. The van der Waals surface area contributed by atoms with E-state index < -0.39 is 5.97 Å². The molecule has 5 nitrogen and oxygen atoms in total. The molecule has 0 aliphatic carbocycles. The first kappa shape index (κ1) is 8.22. The summed E-state index contributed by atoms with van der Waals surface area (Å²) in [5.41, 5.74) is 0. The SMILES string of the molecule is CCc1nnc2n1CC(C(=O)O)C2. The Morgan fingerprint density at radius 2 is 2.46 bits per heavy atom. The minimum absolute atomic E-state index is 0.309. The molecule has 0 fully saturated rings. The van der Waals surface area contributed by atoms with E-state index in [4.69, 9.17) is 5.11 Å². The number of aryl methyl sites for hydroxylation is 1. The van der Waals surface area contributed by atoms with E-state index in [1.54, 1.807) is 0 Å². The first-order chi connectivity index (χ1) is 6.22. The summed E-state index contributed by atoms with van der Waals surface area (Å²) in [6, 6.07) is 0. The van der Waals surface area contributed by atoms with Crippen LogP contribution in [0.4, 0.5) is 0 Å². The molecule has 0 amide bonds. The topological polar surface area (TPSA) is 68.0 Å². The summed E-state index contributed by atoms with van der Waals surface area (Å²) in [7, 11) is 0. The van der Waals surface area contributed by atoms with Crippen molar-refractivity contribution >= 4 is 5.97 Å². The number of hydrogen-bond acceptors (Lipinski definition) is 3. The predicted octanol–water partition coefficient (Wildman–Crippen LogP) is 0.0974. The van der Waals surface area contributed by atoms with Crippen LogP contribution in [0.3, 0.4) is 0 Å². The van der Waals surface area contributed by atoms with Gasteiger partial charge in [0.05, 0.1) is 5.92 Å². The van der Waals surface area contributed by atoms with Crippen LogP contribution in [0.2, 0.25) is 0 Å². The second-order valence-electron chi connectivity index (χ2n) is 3.24. The number of fused-ring (bicyclic) bond motifs is 1. The van der Waals surface area contributed by atoms with Crippen LogP contribution in [-0.4, -0.2) is 25.8 Å². The van der Waals surface area contributed by atoms with Crippen molar-refractivity contribution < 1.29 is 9.90 Å². The maximum absolute atomic E-state index is 10.7. The Kier molecular flexibility index (Phi) is 1.79. The number of carboxylic acid groups (broad SMARTS) is 1. The monoisotopic (exact) mass is 181 g/mol. The Bertz CT molecular complexity index is 345. The third-order valence-corrected chi connectivity index (χ3v) is 2.40. The molecule has 1 atom stereocenters. The Hall–Kier alpha value is -1.39. The predicted molar refractivity (Wildman–Crippen MR) is 44.2 cm³/mol. The van der Waals surface area contributed by atoms with Crippen LogP contribution in [0.1, 0.15) is 18.6 Å². The summed E-state index contributed by atoms with van der Waals surface area (Å²) < 4.78 is 1.92. The average molecular weight is 181 g/mol. The van der Waals surface area contributed by atoms with Crippen LogP contribution >= 0.6 is 0 Å². The zero-order chi connectivity index (χ0) is 9.42. The average Bonchev–Trinajstić information content (AvgIpc) is 2.60. The lowest BCUT2D eigenvalue weighted by atomic mass is 10.1. The Labute approximate surface area is 75.4 Å². The lowest BCUT2D eigenvalue weighted by Crippen LogP contribution is -2.15. The minimum Gasteiger partial charge on any atom is -0.481 e. The molecule has 13 heavy (non-hydrogen) atoms. The zero-order valence-electron chi connectivity index (χ0n) is 7.40. The largest absolute Gasteiger partial charge is 0.481 e. The van der Waals surface area contributed by atoms with Gasteiger partial charge >= 0.3 is 5.97 Å². The van der Waals surface area contributed by atoms with Gasteiger partial charge in [0.15, 0.2) is 0 Å². The molecule has 2 rings (SSSR count). The second kappa shape index (κ2) is 2.83. The molecule has 1 N–H and O–H groups in total. The first-order valence-corrected chi connectivity index (χ1v) is 4.36. The van der Waals surface area contributed by atoms with Crippen LogP contribution < -0.4 is 0 Å². The number of carboxylic acids is 1. The first-order valence-electron chi connectivity index (χ1n) is 4.36. The van der Waals surface area contributed by atoms with Crippen molar-refractivity contribution in [2.24, 2.45) is 5.92 Å². The quantitative estimate of drug-likeness (QED) is 0.702. The van der Waals surface area contributed by atoms with Gasteiger partial charge in [-0.05, 0) is 0 Å². The maximum atomic E-state index is 10.7. The molecule has 5 heteroatoms. The number of hydrogen-bond donors (Lipinski definition) is 1. The normalized spacial score (nSPS) is 20.2. The van der Waals surface area contributed by atoms with Crippen molar-refractivity contribution in [1.82, 2.24) is 14.8 Å². The third-order valence-electron chi connectivity index (χ3n) is 2.40. The van der Waals surface area contributed by atoms with E-state index in [-0.39, 0.29) is 5.92 Å². The molecule has 1 aliphatic rings. The number of rotatable bonds is 2. The zero-order valence-corrected chi connectivity index (χ0v) is 7.40. The van der Waals surface area contributed by atoms with Crippen LogP contribution in [0, 0.1) is 5.92 Å². The molecule has 1 aliphatic heterocycles. The van der Waals surface area contributed by atoms with Gasteiger partial charge in [0.1, 0.15) is 11.6 Å². The summed E-state index contributed by atoms with van der Waals surface area (Å²) in [6.45, 7) is 2.52. The van der Waals surface area contributed by atoms with Crippen molar-refractivity contribution in [3.8, 4) is 0 Å². The van der Waals surface area contributed by atoms with Crippen molar-refractivity contribution in [1.29, 1.82) is 0 Å². The summed E-state index contributed by atoms with van der Waals surface area (Å²) >= 11 is 0. The number of carbonyl (C=O) groups is 1. The molecular weight excluding hydrogens is 170 g/mol. The highest BCUT2D eigenvalue weighted by molar-refractivity contribution is 5.70. The Balaban J connectivity index is 2.26. The van der Waals surface area contributed by atoms with Crippen LogP contribution in [0.5, 0.6) is 0 Å². The summed E-state index contributed by atoms with van der Waals surface area (Å²) in [5.74, 6) is 0.645. The van der Waals surface area contributed by atoms with Gasteiger partial charge in [-0.2, -0.15) is 0 Å². The van der Waals surface area contributed by atoms with Gasteiger partial charge in [0.25, 0.3) is 0 Å². The van der Waals surface area contributed by atoms with Crippen LogP contribution in [-0.2, 0) is 24.2 Å². The maximum Gasteiger partial charge on any atom is 0.308 e. The van der Waals surface area contributed by atoms with E-state index >= 15 is 0 Å². The van der Waals surface area contributed by atoms with E-state index in [2.05, 4.69) is 10.2 Å². The van der Waals surface area contributed by atoms with E-state index in [1.165, 1.54) is 0 Å². The van der Waals surface area contributed by atoms with E-state index in [1.807, 2.05) is 11.5 Å². The summed E-state index contributed by atoms with van der Waals surface area (Å²) in [5, 5.41) is 16.7. The summed E-state index contributed by atoms with van der Waals surface area (Å²) in [4.78, 5) is 10.7. The van der Waals surface area contributed by atoms with E-state index in [0.29, 0.717) is 13.0 Å². The van der Waals surface area contributed by atoms with Gasteiger partial charge in [-0.25, -0.2) is 0 Å². The van der Waals surface area contributed by atoms with Crippen LogP contribution in [0.25, 0.3) is 0 Å². The Morgan fingerprint density at radius 1 is 1.69 bits per heavy atom. The van der Waals surface area contributed by atoms with Gasteiger partial charge in [0, 0.05) is 19.4 Å². The molecule has 70 valence electrons.